The van der Waals surface area contributed by atoms with Crippen molar-refractivity contribution in [2.75, 3.05) is 0 Å². The fraction of sp³-hybridized carbons (Fsp3) is 1.00. The van der Waals surface area contributed by atoms with Gasteiger partial charge >= 0.3 is 0 Å². The average Bonchev–Trinajstić information content (AvgIpc) is 1.54. The number of alkyl halides is 1. The molecular formula is C9H17Br. The first kappa shape index (κ1) is 8.58. The van der Waals surface area contributed by atoms with Crippen LogP contribution in [0, 0.1) is 11.3 Å². The van der Waals surface area contributed by atoms with Crippen LogP contribution in [0.25, 0.3) is 0 Å². The minimum absolute atomic E-state index is 0.575. The highest BCUT2D eigenvalue weighted by Crippen LogP contribution is 2.41. The van der Waals surface area contributed by atoms with Crippen LogP contribution in [0.2, 0.25) is 0 Å². The van der Waals surface area contributed by atoms with Gasteiger partial charge in [-0.25, -0.2) is 0 Å². The van der Waals surface area contributed by atoms with Gasteiger partial charge in [-0.2, -0.15) is 0 Å². The lowest BCUT2D eigenvalue weighted by Crippen LogP contribution is -2.27. The summed E-state index contributed by atoms with van der Waals surface area (Å²) in [6.07, 6.45) is 4.11. The second-order valence-corrected chi connectivity index (χ2v) is 5.81. The third-order valence-electron chi connectivity index (χ3n) is 2.33. The van der Waals surface area contributed by atoms with Crippen molar-refractivity contribution < 1.29 is 0 Å². The first-order valence-electron chi connectivity index (χ1n) is 4.14. The van der Waals surface area contributed by atoms with Crippen LogP contribution in [0.15, 0.2) is 0 Å². The summed E-state index contributed by atoms with van der Waals surface area (Å²) < 4.78 is 0. The van der Waals surface area contributed by atoms with Crippen molar-refractivity contribution >= 4 is 15.9 Å². The largest absolute Gasteiger partial charge is 0.0890 e. The standard InChI is InChI=1S/C9H17Br/c1-7-4-8(10)6-9(2,3)5-7/h7-8H,4-6H2,1-3H3/t7-,8-/m1/s1. The quantitative estimate of drug-likeness (QED) is 0.530. The van der Waals surface area contributed by atoms with E-state index in [9.17, 15) is 0 Å². The third-order valence-corrected chi connectivity index (χ3v) is 3.03. The minimum Gasteiger partial charge on any atom is -0.0890 e. The van der Waals surface area contributed by atoms with Gasteiger partial charge < -0.3 is 0 Å². The number of hydrogen-bond donors (Lipinski definition) is 0. The van der Waals surface area contributed by atoms with E-state index in [1.165, 1.54) is 19.3 Å². The maximum Gasteiger partial charge on any atom is 0.0153 e. The molecule has 0 aromatic heterocycles. The molecule has 0 nitrogen and oxygen atoms in total. The molecule has 1 aliphatic rings. The summed E-state index contributed by atoms with van der Waals surface area (Å²) in [5.74, 6) is 0.910. The molecule has 1 heteroatoms. The molecule has 0 aliphatic heterocycles. The van der Waals surface area contributed by atoms with Crippen molar-refractivity contribution in [3.63, 3.8) is 0 Å². The van der Waals surface area contributed by atoms with Crippen LogP contribution in [-0.4, -0.2) is 4.83 Å². The molecule has 0 unspecified atom stereocenters. The summed E-state index contributed by atoms with van der Waals surface area (Å²) >= 11 is 3.70. The van der Waals surface area contributed by atoms with Gasteiger partial charge in [0.15, 0.2) is 0 Å². The van der Waals surface area contributed by atoms with Crippen LogP contribution in [0.1, 0.15) is 40.0 Å². The Labute approximate surface area is 72.5 Å². The fourth-order valence-electron chi connectivity index (χ4n) is 2.23. The summed E-state index contributed by atoms with van der Waals surface area (Å²) in [7, 11) is 0. The monoisotopic (exact) mass is 204 g/mol. The van der Waals surface area contributed by atoms with Crippen LogP contribution in [0.5, 0.6) is 0 Å². The number of hydrogen-bond acceptors (Lipinski definition) is 0. The summed E-state index contributed by atoms with van der Waals surface area (Å²) in [5, 5.41) is 0. The van der Waals surface area contributed by atoms with E-state index in [4.69, 9.17) is 0 Å². The van der Waals surface area contributed by atoms with Gasteiger partial charge in [-0.15, -0.1) is 0 Å². The lowest BCUT2D eigenvalue weighted by molar-refractivity contribution is 0.199. The van der Waals surface area contributed by atoms with Gasteiger partial charge in [0, 0.05) is 4.83 Å². The van der Waals surface area contributed by atoms with Crippen molar-refractivity contribution in [3.05, 3.63) is 0 Å². The zero-order valence-corrected chi connectivity index (χ0v) is 8.74. The van der Waals surface area contributed by atoms with Gasteiger partial charge in [0.2, 0.25) is 0 Å². The highest BCUT2D eigenvalue weighted by molar-refractivity contribution is 9.09. The second kappa shape index (κ2) is 2.84. The summed E-state index contributed by atoms with van der Waals surface area (Å²) in [6.45, 7) is 7.10. The maximum atomic E-state index is 3.70. The van der Waals surface area contributed by atoms with Gasteiger partial charge in [-0.05, 0) is 30.6 Å². The van der Waals surface area contributed by atoms with E-state index in [0.29, 0.717) is 5.41 Å². The van der Waals surface area contributed by atoms with E-state index in [-0.39, 0.29) is 0 Å². The topological polar surface area (TPSA) is 0 Å². The minimum atomic E-state index is 0.575. The van der Waals surface area contributed by atoms with E-state index in [1.54, 1.807) is 0 Å². The van der Waals surface area contributed by atoms with E-state index >= 15 is 0 Å². The van der Waals surface area contributed by atoms with E-state index in [1.807, 2.05) is 0 Å². The molecule has 0 aromatic carbocycles. The molecule has 0 amide bonds. The molecular weight excluding hydrogens is 188 g/mol. The Hall–Kier alpha value is 0.480. The average molecular weight is 205 g/mol. The summed E-state index contributed by atoms with van der Waals surface area (Å²) in [6, 6.07) is 0. The van der Waals surface area contributed by atoms with Crippen LogP contribution in [0.3, 0.4) is 0 Å². The molecule has 2 atom stereocenters. The molecule has 10 heavy (non-hydrogen) atoms. The maximum absolute atomic E-state index is 3.70. The summed E-state index contributed by atoms with van der Waals surface area (Å²) in [5.41, 5.74) is 0.575. The Bertz CT molecular complexity index is 106. The molecule has 1 fully saturated rings. The molecule has 1 rings (SSSR count). The predicted octanol–water partition coefficient (Wildman–Crippen LogP) is 3.60. The van der Waals surface area contributed by atoms with Crippen LogP contribution in [0.4, 0.5) is 0 Å². The Morgan fingerprint density at radius 3 is 2.30 bits per heavy atom. The van der Waals surface area contributed by atoms with Gasteiger partial charge in [0.25, 0.3) is 0 Å². The highest BCUT2D eigenvalue weighted by Gasteiger charge is 2.30. The molecule has 1 saturated carbocycles. The zero-order chi connectivity index (χ0) is 7.78. The molecule has 0 spiro atoms. The van der Waals surface area contributed by atoms with Gasteiger partial charge in [-0.1, -0.05) is 36.7 Å². The van der Waals surface area contributed by atoms with E-state index < -0.39 is 0 Å². The molecule has 1 aliphatic carbocycles. The van der Waals surface area contributed by atoms with Crippen molar-refractivity contribution in [2.45, 2.75) is 44.9 Å². The van der Waals surface area contributed by atoms with Crippen LogP contribution >= 0.6 is 15.9 Å². The lowest BCUT2D eigenvalue weighted by atomic mass is 9.73. The predicted molar refractivity (Wildman–Crippen MR) is 49.5 cm³/mol. The van der Waals surface area contributed by atoms with Crippen LogP contribution < -0.4 is 0 Å². The first-order valence-corrected chi connectivity index (χ1v) is 5.05. The molecule has 0 heterocycles. The summed E-state index contributed by atoms with van der Waals surface area (Å²) in [4.78, 5) is 0.770. The third kappa shape index (κ3) is 2.26. The van der Waals surface area contributed by atoms with Gasteiger partial charge in [-0.3, -0.25) is 0 Å². The molecule has 0 saturated heterocycles. The molecule has 0 bridgehead atoms. The van der Waals surface area contributed by atoms with Gasteiger partial charge in [0.05, 0.1) is 0 Å². The SMILES string of the molecule is C[C@@H]1C[C@@H](Br)CC(C)(C)C1. The molecule has 0 radical (unpaired) electrons. The van der Waals surface area contributed by atoms with Crippen molar-refractivity contribution in [2.24, 2.45) is 11.3 Å². The highest BCUT2D eigenvalue weighted by atomic mass is 79.9. The number of halogens is 1. The van der Waals surface area contributed by atoms with Crippen LogP contribution in [-0.2, 0) is 0 Å². The second-order valence-electron chi connectivity index (χ2n) is 4.51. The van der Waals surface area contributed by atoms with Crippen molar-refractivity contribution in [3.8, 4) is 0 Å². The zero-order valence-electron chi connectivity index (χ0n) is 7.15. The Kier molecular flexibility index (Phi) is 2.44. The Morgan fingerprint density at radius 2 is 1.90 bits per heavy atom. The van der Waals surface area contributed by atoms with Crippen molar-refractivity contribution in [1.82, 2.24) is 0 Å². The lowest BCUT2D eigenvalue weighted by Gasteiger charge is -2.36. The fourth-order valence-corrected chi connectivity index (χ4v) is 3.74. The van der Waals surface area contributed by atoms with E-state index in [0.717, 1.165) is 10.7 Å². The Balaban J connectivity index is 2.51. The molecule has 0 aromatic rings. The smallest absolute Gasteiger partial charge is 0.0153 e. The first-order chi connectivity index (χ1) is 4.49. The Morgan fingerprint density at radius 1 is 1.30 bits per heavy atom. The molecule has 60 valence electrons. The number of rotatable bonds is 0. The normalized spacial score (nSPS) is 39.6. The van der Waals surface area contributed by atoms with E-state index in [2.05, 4.69) is 36.7 Å². The van der Waals surface area contributed by atoms with Crippen molar-refractivity contribution in [1.29, 1.82) is 0 Å². The van der Waals surface area contributed by atoms with Gasteiger partial charge in [0.1, 0.15) is 0 Å². The molecule has 0 N–H and O–H groups in total.